The van der Waals surface area contributed by atoms with E-state index in [1.807, 2.05) is 6.07 Å². The zero-order valence-electron chi connectivity index (χ0n) is 13.5. The lowest BCUT2D eigenvalue weighted by molar-refractivity contribution is -0.0275. The topological polar surface area (TPSA) is 47.3 Å². The maximum absolute atomic E-state index is 11.0. The molecule has 0 aromatic heterocycles. The van der Waals surface area contributed by atoms with Crippen LogP contribution in [0.2, 0.25) is 0 Å². The zero-order valence-corrected chi connectivity index (χ0v) is 13.5. The summed E-state index contributed by atoms with van der Waals surface area (Å²) >= 11 is 0. The molecule has 0 amide bonds. The van der Waals surface area contributed by atoms with Gasteiger partial charge in [0.1, 0.15) is 0 Å². The number of fused-ring (bicyclic) bond motifs is 2. The summed E-state index contributed by atoms with van der Waals surface area (Å²) in [5.74, 6) is 0.586. The van der Waals surface area contributed by atoms with Gasteiger partial charge in [-0.05, 0) is 31.4 Å². The van der Waals surface area contributed by atoms with Crippen LogP contribution in [0.15, 0.2) is 30.3 Å². The Kier molecular flexibility index (Phi) is 4.52. The van der Waals surface area contributed by atoms with Gasteiger partial charge in [-0.2, -0.15) is 5.26 Å². The number of benzene rings is 1. The van der Waals surface area contributed by atoms with Crippen molar-refractivity contribution in [1.29, 1.82) is 5.26 Å². The Balaban J connectivity index is 1.98. The monoisotopic (exact) mass is 298 g/mol. The summed E-state index contributed by atoms with van der Waals surface area (Å²) in [5, 5.41) is 20.6. The number of aliphatic hydroxyl groups excluding tert-OH is 1. The lowest BCUT2D eigenvalue weighted by Crippen LogP contribution is -2.54. The smallest absolute Gasteiger partial charge is 0.0767 e. The average molecular weight is 298 g/mol. The molecule has 2 aliphatic rings. The summed E-state index contributed by atoms with van der Waals surface area (Å²) in [6.07, 6.45) is 3.85. The number of aliphatic hydroxyl groups is 1. The second kappa shape index (κ2) is 6.40. The van der Waals surface area contributed by atoms with Crippen molar-refractivity contribution in [2.75, 3.05) is 7.05 Å². The molecular formula is C19H26N2O. The van der Waals surface area contributed by atoms with E-state index in [0.717, 1.165) is 25.7 Å². The fourth-order valence-electron chi connectivity index (χ4n) is 4.80. The Morgan fingerprint density at radius 3 is 2.68 bits per heavy atom. The fraction of sp³-hybridized carbons (Fsp3) is 0.632. The van der Waals surface area contributed by atoms with E-state index in [2.05, 4.69) is 49.2 Å². The molecule has 2 bridgehead atoms. The van der Waals surface area contributed by atoms with Gasteiger partial charge in [-0.3, -0.25) is 4.90 Å². The number of hydrogen-bond acceptors (Lipinski definition) is 3. The highest BCUT2D eigenvalue weighted by molar-refractivity contribution is 5.27. The van der Waals surface area contributed by atoms with Crippen LogP contribution in [-0.4, -0.2) is 35.2 Å². The van der Waals surface area contributed by atoms with Crippen LogP contribution in [0, 0.1) is 23.2 Å². The Labute approximate surface area is 133 Å². The highest BCUT2D eigenvalue weighted by Gasteiger charge is 2.55. The molecule has 2 fully saturated rings. The summed E-state index contributed by atoms with van der Waals surface area (Å²) in [6, 6.07) is 13.3. The van der Waals surface area contributed by atoms with Crippen molar-refractivity contribution in [3.05, 3.63) is 35.9 Å². The lowest BCUT2D eigenvalue weighted by atomic mass is 9.71. The van der Waals surface area contributed by atoms with E-state index in [1.165, 1.54) is 5.56 Å². The molecule has 6 atom stereocenters. The Morgan fingerprint density at radius 1 is 1.32 bits per heavy atom. The number of unbranched alkanes of at least 4 members (excludes halogenated alkanes) is 1. The maximum Gasteiger partial charge on any atom is 0.0767 e. The SMILES string of the molecule is CCCC[C@H]1C2C(C#N)CC([C@H](O)[C@@H]1c1ccccc1)N2C. The zero-order chi connectivity index (χ0) is 15.7. The minimum atomic E-state index is -0.371. The van der Waals surface area contributed by atoms with Crippen molar-refractivity contribution in [2.45, 2.75) is 56.7 Å². The number of hydrogen-bond donors (Lipinski definition) is 1. The molecule has 0 radical (unpaired) electrons. The molecule has 3 nitrogen and oxygen atoms in total. The third kappa shape index (κ3) is 2.45. The van der Waals surface area contributed by atoms with E-state index in [9.17, 15) is 10.4 Å². The molecule has 3 rings (SSSR count). The van der Waals surface area contributed by atoms with Gasteiger partial charge in [0.05, 0.1) is 18.1 Å². The van der Waals surface area contributed by atoms with Crippen molar-refractivity contribution in [2.24, 2.45) is 11.8 Å². The Morgan fingerprint density at radius 2 is 2.05 bits per heavy atom. The van der Waals surface area contributed by atoms with E-state index < -0.39 is 0 Å². The van der Waals surface area contributed by atoms with Crippen molar-refractivity contribution >= 4 is 0 Å². The first-order valence-corrected chi connectivity index (χ1v) is 8.53. The molecule has 0 saturated carbocycles. The molecule has 2 aliphatic heterocycles. The molecule has 22 heavy (non-hydrogen) atoms. The number of rotatable bonds is 4. The predicted molar refractivity (Wildman–Crippen MR) is 87.3 cm³/mol. The van der Waals surface area contributed by atoms with Crippen LogP contribution >= 0.6 is 0 Å². The van der Waals surface area contributed by atoms with Crippen LogP contribution in [0.25, 0.3) is 0 Å². The number of likely N-dealkylation sites (N-methyl/N-ethyl adjacent to an activating group) is 1. The van der Waals surface area contributed by atoms with E-state index >= 15 is 0 Å². The molecular weight excluding hydrogens is 272 g/mol. The third-order valence-corrected chi connectivity index (χ3v) is 5.80. The Hall–Kier alpha value is -1.37. The molecule has 0 aliphatic carbocycles. The van der Waals surface area contributed by atoms with Gasteiger partial charge in [0.25, 0.3) is 0 Å². The van der Waals surface area contributed by atoms with E-state index in [0.29, 0.717) is 5.92 Å². The van der Waals surface area contributed by atoms with Crippen LogP contribution in [0.5, 0.6) is 0 Å². The minimum Gasteiger partial charge on any atom is -0.391 e. The highest BCUT2D eigenvalue weighted by atomic mass is 16.3. The molecule has 1 N–H and O–H groups in total. The van der Waals surface area contributed by atoms with Crippen LogP contribution in [-0.2, 0) is 0 Å². The normalized spacial score (nSPS) is 37.9. The van der Waals surface area contributed by atoms with Gasteiger partial charge < -0.3 is 5.11 Å². The second-order valence-corrected chi connectivity index (χ2v) is 6.93. The molecule has 3 heteroatoms. The summed E-state index contributed by atoms with van der Waals surface area (Å²) in [5.41, 5.74) is 1.23. The lowest BCUT2D eigenvalue weighted by Gasteiger charge is -2.47. The maximum atomic E-state index is 11.0. The van der Waals surface area contributed by atoms with Crippen LogP contribution in [0.4, 0.5) is 0 Å². The predicted octanol–water partition coefficient (Wildman–Crippen LogP) is 3.16. The van der Waals surface area contributed by atoms with Crippen LogP contribution in [0.3, 0.4) is 0 Å². The standard InChI is InChI=1S/C19H26N2O/c1-3-4-10-15-17(13-8-6-5-7-9-13)19(22)16-11-14(12-20)18(15)21(16)2/h5-9,14-19,22H,3-4,10-11H2,1-2H3/t14?,15-,16?,17-,18?,19+/m1/s1. The largest absolute Gasteiger partial charge is 0.391 e. The summed E-state index contributed by atoms with van der Waals surface area (Å²) in [4.78, 5) is 2.29. The van der Waals surface area contributed by atoms with Gasteiger partial charge in [-0.25, -0.2) is 0 Å². The number of nitrogens with zero attached hydrogens (tertiary/aromatic N) is 2. The van der Waals surface area contributed by atoms with Gasteiger partial charge >= 0.3 is 0 Å². The van der Waals surface area contributed by atoms with Crippen LogP contribution < -0.4 is 0 Å². The molecule has 1 aromatic carbocycles. The van der Waals surface area contributed by atoms with Crippen molar-refractivity contribution in [1.82, 2.24) is 4.90 Å². The van der Waals surface area contributed by atoms with Crippen molar-refractivity contribution < 1.29 is 5.11 Å². The molecule has 0 spiro atoms. The quantitative estimate of drug-likeness (QED) is 0.929. The number of piperidine rings is 1. The third-order valence-electron chi connectivity index (χ3n) is 5.80. The van der Waals surface area contributed by atoms with Crippen LogP contribution in [0.1, 0.15) is 44.1 Å². The molecule has 3 unspecified atom stereocenters. The van der Waals surface area contributed by atoms with Crippen molar-refractivity contribution in [3.8, 4) is 6.07 Å². The summed E-state index contributed by atoms with van der Waals surface area (Å²) in [7, 11) is 2.09. The van der Waals surface area contributed by atoms with E-state index in [-0.39, 0.29) is 30.0 Å². The van der Waals surface area contributed by atoms with Crippen molar-refractivity contribution in [3.63, 3.8) is 0 Å². The fourth-order valence-corrected chi connectivity index (χ4v) is 4.80. The van der Waals surface area contributed by atoms with Gasteiger partial charge in [0.2, 0.25) is 0 Å². The van der Waals surface area contributed by atoms with E-state index in [1.54, 1.807) is 0 Å². The first kappa shape index (κ1) is 15.5. The molecule has 2 heterocycles. The minimum absolute atomic E-state index is 0.0558. The first-order chi connectivity index (χ1) is 10.7. The molecule has 2 saturated heterocycles. The average Bonchev–Trinajstić information content (AvgIpc) is 2.81. The Bertz CT molecular complexity index is 538. The molecule has 118 valence electrons. The number of nitriles is 1. The first-order valence-electron chi connectivity index (χ1n) is 8.53. The summed E-state index contributed by atoms with van der Waals surface area (Å²) < 4.78 is 0. The van der Waals surface area contributed by atoms with Gasteiger partial charge in [-0.15, -0.1) is 0 Å². The molecule has 1 aromatic rings. The summed E-state index contributed by atoms with van der Waals surface area (Å²) in [6.45, 7) is 2.21. The van der Waals surface area contributed by atoms with Gasteiger partial charge in [-0.1, -0.05) is 50.1 Å². The van der Waals surface area contributed by atoms with E-state index in [4.69, 9.17) is 0 Å². The highest BCUT2D eigenvalue weighted by Crippen LogP contribution is 2.50. The van der Waals surface area contributed by atoms with Gasteiger partial charge in [0, 0.05) is 18.0 Å². The second-order valence-electron chi connectivity index (χ2n) is 6.93. The van der Waals surface area contributed by atoms with Gasteiger partial charge in [0.15, 0.2) is 0 Å².